The maximum absolute atomic E-state index is 11.7. The number of benzene rings is 2. The van der Waals surface area contributed by atoms with Crippen LogP contribution >= 0.6 is 11.6 Å². The Morgan fingerprint density at radius 2 is 1.75 bits per heavy atom. The Labute approximate surface area is 148 Å². The van der Waals surface area contributed by atoms with Crippen LogP contribution in [0.2, 0.25) is 5.02 Å². The summed E-state index contributed by atoms with van der Waals surface area (Å²) in [6.45, 7) is 3.76. The van der Waals surface area contributed by atoms with Crippen molar-refractivity contribution in [2.75, 3.05) is 19.7 Å². The number of rotatable bonds is 8. The molecule has 5 heteroatoms. The maximum Gasteiger partial charge on any atom is 0.314 e. The van der Waals surface area contributed by atoms with E-state index in [-0.39, 0.29) is 6.03 Å². The summed E-state index contributed by atoms with van der Waals surface area (Å²) in [5, 5.41) is 6.28. The molecule has 128 valence electrons. The third-order valence-corrected chi connectivity index (χ3v) is 3.95. The van der Waals surface area contributed by atoms with Gasteiger partial charge in [0.15, 0.2) is 0 Å². The first-order valence-corrected chi connectivity index (χ1v) is 8.48. The molecule has 0 unspecified atom stereocenters. The summed E-state index contributed by atoms with van der Waals surface area (Å²) in [4.78, 5) is 11.7. The van der Waals surface area contributed by atoms with Gasteiger partial charge in [-0.3, -0.25) is 0 Å². The number of halogens is 1. The molecule has 0 fully saturated rings. The van der Waals surface area contributed by atoms with Crippen LogP contribution in [0.1, 0.15) is 17.5 Å². The Bertz CT molecular complexity index is 661. The molecule has 0 aliphatic rings. The summed E-state index contributed by atoms with van der Waals surface area (Å²) in [5.41, 5.74) is 2.50. The van der Waals surface area contributed by atoms with E-state index in [9.17, 15) is 4.79 Å². The van der Waals surface area contributed by atoms with E-state index >= 15 is 0 Å². The van der Waals surface area contributed by atoms with Crippen molar-refractivity contribution in [3.63, 3.8) is 0 Å². The van der Waals surface area contributed by atoms with Crippen molar-refractivity contribution in [1.29, 1.82) is 0 Å². The minimum atomic E-state index is -0.152. The zero-order valence-corrected chi connectivity index (χ0v) is 14.6. The summed E-state index contributed by atoms with van der Waals surface area (Å²) >= 11 is 6.00. The molecule has 0 aliphatic carbocycles. The van der Waals surface area contributed by atoms with Gasteiger partial charge >= 0.3 is 6.03 Å². The molecule has 2 N–H and O–H groups in total. The normalized spacial score (nSPS) is 10.2. The Balaban J connectivity index is 1.55. The number of ether oxygens (including phenoxy) is 1. The topological polar surface area (TPSA) is 50.4 Å². The third-order valence-electron chi connectivity index (χ3n) is 3.64. The van der Waals surface area contributed by atoms with Gasteiger partial charge < -0.3 is 15.4 Å². The van der Waals surface area contributed by atoms with Gasteiger partial charge in [-0.1, -0.05) is 48.0 Å². The lowest BCUT2D eigenvalue weighted by Crippen LogP contribution is -2.37. The molecule has 0 saturated carbocycles. The van der Waals surface area contributed by atoms with Crippen molar-refractivity contribution >= 4 is 17.6 Å². The molecule has 2 rings (SSSR count). The summed E-state index contributed by atoms with van der Waals surface area (Å²) in [6.07, 6.45) is 1.55. The van der Waals surface area contributed by atoms with Crippen molar-refractivity contribution in [3.8, 4) is 5.75 Å². The van der Waals surface area contributed by atoms with E-state index < -0.39 is 0 Å². The van der Waals surface area contributed by atoms with E-state index in [1.807, 2.05) is 30.3 Å². The summed E-state index contributed by atoms with van der Waals surface area (Å²) in [6, 6.07) is 15.4. The summed E-state index contributed by atoms with van der Waals surface area (Å²) in [5.74, 6) is 0.668. The standard InChI is InChI=1S/C19H23ClN2O2/c1-15-7-2-3-8-16(15)11-13-22-19(23)21-12-6-14-24-18-10-5-4-9-17(18)20/h2-5,7-10H,6,11-14H2,1H3,(H2,21,22,23). The predicted octanol–water partition coefficient (Wildman–Crippen LogP) is 3.96. The highest BCUT2D eigenvalue weighted by molar-refractivity contribution is 6.32. The van der Waals surface area contributed by atoms with Crippen LogP contribution < -0.4 is 15.4 Å². The second kappa shape index (κ2) is 9.83. The number of aryl methyl sites for hydroxylation is 1. The highest BCUT2D eigenvalue weighted by Crippen LogP contribution is 2.22. The fourth-order valence-electron chi connectivity index (χ4n) is 2.28. The smallest absolute Gasteiger partial charge is 0.314 e. The van der Waals surface area contributed by atoms with Crippen molar-refractivity contribution < 1.29 is 9.53 Å². The number of carbonyl (C=O) groups excluding carboxylic acids is 1. The van der Waals surface area contributed by atoms with Crippen molar-refractivity contribution in [2.45, 2.75) is 19.8 Å². The van der Waals surface area contributed by atoms with Gasteiger partial charge in [-0.05, 0) is 43.0 Å². The lowest BCUT2D eigenvalue weighted by atomic mass is 10.1. The van der Waals surface area contributed by atoms with Crippen molar-refractivity contribution in [3.05, 3.63) is 64.7 Å². The van der Waals surface area contributed by atoms with Gasteiger partial charge in [-0.25, -0.2) is 4.79 Å². The molecule has 0 spiro atoms. The minimum Gasteiger partial charge on any atom is -0.492 e. The van der Waals surface area contributed by atoms with Crippen LogP contribution in [-0.4, -0.2) is 25.7 Å². The van der Waals surface area contributed by atoms with Gasteiger partial charge in [-0.2, -0.15) is 0 Å². The molecule has 0 aliphatic heterocycles. The van der Waals surface area contributed by atoms with Crippen LogP contribution in [-0.2, 0) is 6.42 Å². The number of hydrogen-bond donors (Lipinski definition) is 2. The maximum atomic E-state index is 11.7. The third kappa shape index (κ3) is 6.13. The van der Waals surface area contributed by atoms with E-state index in [4.69, 9.17) is 16.3 Å². The zero-order chi connectivity index (χ0) is 17.2. The molecular weight excluding hydrogens is 324 g/mol. The molecule has 0 aromatic heterocycles. The fourth-order valence-corrected chi connectivity index (χ4v) is 2.47. The Morgan fingerprint density at radius 1 is 1.04 bits per heavy atom. The van der Waals surface area contributed by atoms with Crippen molar-refractivity contribution in [1.82, 2.24) is 10.6 Å². The molecular formula is C19H23ClN2O2. The monoisotopic (exact) mass is 346 g/mol. The van der Waals surface area contributed by atoms with E-state index in [0.717, 1.165) is 12.8 Å². The molecule has 0 saturated heterocycles. The molecule has 2 aromatic rings. The van der Waals surface area contributed by atoms with E-state index in [1.165, 1.54) is 11.1 Å². The van der Waals surface area contributed by atoms with E-state index in [2.05, 4.69) is 29.7 Å². The van der Waals surface area contributed by atoms with Crippen LogP contribution in [0.4, 0.5) is 4.79 Å². The van der Waals surface area contributed by atoms with Crippen LogP contribution in [0.3, 0.4) is 0 Å². The van der Waals surface area contributed by atoms with Crippen molar-refractivity contribution in [2.24, 2.45) is 0 Å². The van der Waals surface area contributed by atoms with Crippen LogP contribution in [0, 0.1) is 6.92 Å². The second-order valence-electron chi connectivity index (χ2n) is 5.49. The van der Waals surface area contributed by atoms with Gasteiger partial charge in [0.1, 0.15) is 5.75 Å². The minimum absolute atomic E-state index is 0.152. The largest absolute Gasteiger partial charge is 0.492 e. The number of carbonyl (C=O) groups is 1. The quantitative estimate of drug-likeness (QED) is 0.711. The molecule has 0 atom stereocenters. The van der Waals surface area contributed by atoms with Gasteiger partial charge in [0.05, 0.1) is 11.6 Å². The molecule has 2 amide bonds. The lowest BCUT2D eigenvalue weighted by Gasteiger charge is -2.10. The molecule has 0 bridgehead atoms. The zero-order valence-electron chi connectivity index (χ0n) is 13.8. The molecule has 4 nitrogen and oxygen atoms in total. The molecule has 0 heterocycles. The second-order valence-corrected chi connectivity index (χ2v) is 5.90. The Morgan fingerprint density at radius 3 is 2.54 bits per heavy atom. The van der Waals surface area contributed by atoms with Crippen LogP contribution in [0.5, 0.6) is 5.75 Å². The summed E-state index contributed by atoms with van der Waals surface area (Å²) < 4.78 is 5.57. The van der Waals surface area contributed by atoms with Crippen LogP contribution in [0.25, 0.3) is 0 Å². The van der Waals surface area contributed by atoms with E-state index in [1.54, 1.807) is 6.07 Å². The number of urea groups is 1. The highest BCUT2D eigenvalue weighted by atomic mass is 35.5. The fraction of sp³-hybridized carbons (Fsp3) is 0.316. The SMILES string of the molecule is Cc1ccccc1CCNC(=O)NCCCOc1ccccc1Cl. The molecule has 2 aromatic carbocycles. The van der Waals surface area contributed by atoms with Gasteiger partial charge in [-0.15, -0.1) is 0 Å². The first kappa shape index (κ1) is 18.1. The number of nitrogens with one attached hydrogen (secondary N) is 2. The van der Waals surface area contributed by atoms with E-state index in [0.29, 0.717) is 30.5 Å². The van der Waals surface area contributed by atoms with Gasteiger partial charge in [0.2, 0.25) is 0 Å². The summed E-state index contributed by atoms with van der Waals surface area (Å²) in [7, 11) is 0. The number of hydrogen-bond acceptors (Lipinski definition) is 2. The van der Waals surface area contributed by atoms with Gasteiger partial charge in [0.25, 0.3) is 0 Å². The first-order valence-electron chi connectivity index (χ1n) is 8.10. The van der Waals surface area contributed by atoms with Gasteiger partial charge in [0, 0.05) is 13.1 Å². The molecule has 0 radical (unpaired) electrons. The number of amides is 2. The number of para-hydroxylation sites is 1. The molecule has 24 heavy (non-hydrogen) atoms. The average molecular weight is 347 g/mol. The first-order chi connectivity index (χ1) is 11.7. The van der Waals surface area contributed by atoms with Crippen LogP contribution in [0.15, 0.2) is 48.5 Å². The lowest BCUT2D eigenvalue weighted by molar-refractivity contribution is 0.239. The highest BCUT2D eigenvalue weighted by Gasteiger charge is 2.02. The Kier molecular flexibility index (Phi) is 7.43. The Hall–Kier alpha value is -2.20. The average Bonchev–Trinajstić information content (AvgIpc) is 2.58. The predicted molar refractivity (Wildman–Crippen MR) is 97.8 cm³/mol.